The number of rotatable bonds is 5. The summed E-state index contributed by atoms with van der Waals surface area (Å²) in [6, 6.07) is 0. The summed E-state index contributed by atoms with van der Waals surface area (Å²) in [6.07, 6.45) is 6.16. The van der Waals surface area contributed by atoms with E-state index in [-0.39, 0.29) is 0 Å². The van der Waals surface area contributed by atoms with Gasteiger partial charge in [0.2, 0.25) is 5.95 Å². The van der Waals surface area contributed by atoms with Crippen molar-refractivity contribution in [3.63, 3.8) is 0 Å². The molecule has 0 saturated carbocycles. The number of aromatic nitrogens is 4. The minimum atomic E-state index is 0.373. The maximum atomic E-state index is 5.26. The molecule has 7 nitrogen and oxygen atoms in total. The molecule has 2 rings (SSSR count). The molecule has 2 aromatic rings. The maximum Gasteiger partial charge on any atom is 0.239 e. The standard InChI is InChI=1S/C10H14BrN7/c1-18-5-4-13-8(18)2-3-14-9-7(11)6-15-10(16-9)17-12/h4-6H,2-3,12H2,1H3,(H2,14,15,16,17). The van der Waals surface area contributed by atoms with Crippen LogP contribution in [0, 0.1) is 0 Å². The van der Waals surface area contributed by atoms with Gasteiger partial charge in [-0.15, -0.1) is 0 Å². The number of nitrogen functional groups attached to an aromatic ring is 1. The highest BCUT2D eigenvalue weighted by Crippen LogP contribution is 2.19. The molecule has 0 aliphatic rings. The zero-order valence-electron chi connectivity index (χ0n) is 9.89. The lowest BCUT2D eigenvalue weighted by Gasteiger charge is -2.08. The average Bonchev–Trinajstić information content (AvgIpc) is 2.77. The number of hydrogen-bond acceptors (Lipinski definition) is 6. The van der Waals surface area contributed by atoms with Gasteiger partial charge in [0.25, 0.3) is 0 Å². The Bertz CT molecular complexity index is 525. The van der Waals surface area contributed by atoms with E-state index in [2.05, 4.69) is 41.6 Å². The van der Waals surface area contributed by atoms with Crippen LogP contribution in [0.5, 0.6) is 0 Å². The molecule has 0 saturated heterocycles. The van der Waals surface area contributed by atoms with Crippen LogP contribution in [0.1, 0.15) is 5.82 Å². The first-order chi connectivity index (χ1) is 8.70. The highest BCUT2D eigenvalue weighted by atomic mass is 79.9. The van der Waals surface area contributed by atoms with Crippen molar-refractivity contribution in [3.05, 3.63) is 28.9 Å². The molecule has 2 heterocycles. The third-order valence-corrected chi connectivity index (χ3v) is 3.02. The second-order valence-electron chi connectivity index (χ2n) is 3.67. The lowest BCUT2D eigenvalue weighted by atomic mass is 10.4. The van der Waals surface area contributed by atoms with E-state index in [0.717, 1.165) is 23.3 Å². The Hall–Kier alpha value is -1.67. The summed E-state index contributed by atoms with van der Waals surface area (Å²) >= 11 is 3.38. The summed E-state index contributed by atoms with van der Waals surface area (Å²) in [7, 11) is 1.97. The number of halogens is 1. The topological polar surface area (TPSA) is 93.7 Å². The molecular weight excluding hydrogens is 298 g/mol. The number of imidazole rings is 1. The Morgan fingerprint density at radius 3 is 2.94 bits per heavy atom. The third-order valence-electron chi connectivity index (χ3n) is 2.44. The second kappa shape index (κ2) is 5.78. The fraction of sp³-hybridized carbons (Fsp3) is 0.300. The number of anilines is 2. The molecule has 0 radical (unpaired) electrons. The van der Waals surface area contributed by atoms with Crippen molar-refractivity contribution >= 4 is 27.7 Å². The Labute approximate surface area is 113 Å². The van der Waals surface area contributed by atoms with Crippen molar-refractivity contribution in [2.24, 2.45) is 12.9 Å². The van der Waals surface area contributed by atoms with Gasteiger partial charge in [-0.3, -0.25) is 5.43 Å². The predicted octanol–water partition coefficient (Wildman–Crippen LogP) is 0.913. The fourth-order valence-corrected chi connectivity index (χ4v) is 1.82. The number of hydrazine groups is 1. The van der Waals surface area contributed by atoms with Gasteiger partial charge in [0.1, 0.15) is 11.6 Å². The molecule has 0 fully saturated rings. The van der Waals surface area contributed by atoms with Crippen molar-refractivity contribution in [1.29, 1.82) is 0 Å². The molecule has 0 amide bonds. The molecule has 4 N–H and O–H groups in total. The Kier molecular flexibility index (Phi) is 4.11. The molecule has 18 heavy (non-hydrogen) atoms. The number of nitrogens with two attached hydrogens (primary N) is 1. The van der Waals surface area contributed by atoms with Crippen LogP contribution in [-0.2, 0) is 13.5 Å². The van der Waals surface area contributed by atoms with Crippen LogP contribution < -0.4 is 16.6 Å². The van der Waals surface area contributed by atoms with Gasteiger partial charge in [-0.2, -0.15) is 4.98 Å². The highest BCUT2D eigenvalue weighted by Gasteiger charge is 2.04. The van der Waals surface area contributed by atoms with E-state index in [1.807, 2.05) is 17.8 Å². The molecule has 2 aromatic heterocycles. The smallest absolute Gasteiger partial charge is 0.239 e. The van der Waals surface area contributed by atoms with Crippen LogP contribution in [0.3, 0.4) is 0 Å². The first-order valence-corrected chi connectivity index (χ1v) is 6.19. The zero-order valence-corrected chi connectivity index (χ0v) is 11.5. The normalized spacial score (nSPS) is 10.4. The quantitative estimate of drug-likeness (QED) is 0.561. The van der Waals surface area contributed by atoms with E-state index in [4.69, 9.17) is 5.84 Å². The van der Waals surface area contributed by atoms with Crippen LogP contribution in [0.25, 0.3) is 0 Å². The monoisotopic (exact) mass is 311 g/mol. The molecule has 0 spiro atoms. The third kappa shape index (κ3) is 2.96. The zero-order chi connectivity index (χ0) is 13.0. The molecule has 0 aromatic carbocycles. The number of nitrogens with one attached hydrogen (secondary N) is 2. The first-order valence-electron chi connectivity index (χ1n) is 5.40. The van der Waals surface area contributed by atoms with E-state index in [1.54, 1.807) is 12.4 Å². The van der Waals surface area contributed by atoms with Crippen LogP contribution in [0.4, 0.5) is 11.8 Å². The van der Waals surface area contributed by atoms with E-state index in [1.165, 1.54) is 0 Å². The number of aryl methyl sites for hydroxylation is 1. The van der Waals surface area contributed by atoms with Gasteiger partial charge in [0.15, 0.2) is 0 Å². The van der Waals surface area contributed by atoms with Crippen molar-refractivity contribution in [2.45, 2.75) is 6.42 Å². The minimum Gasteiger partial charge on any atom is -0.369 e. The van der Waals surface area contributed by atoms with Crippen molar-refractivity contribution in [2.75, 3.05) is 17.3 Å². The summed E-state index contributed by atoms with van der Waals surface area (Å²) in [5.41, 5.74) is 2.41. The molecule has 0 aliphatic carbocycles. The summed E-state index contributed by atoms with van der Waals surface area (Å²) < 4.78 is 2.78. The molecule has 0 aliphatic heterocycles. The fourth-order valence-electron chi connectivity index (χ4n) is 1.49. The van der Waals surface area contributed by atoms with Gasteiger partial charge >= 0.3 is 0 Å². The Morgan fingerprint density at radius 2 is 2.28 bits per heavy atom. The van der Waals surface area contributed by atoms with E-state index in [0.29, 0.717) is 11.8 Å². The largest absolute Gasteiger partial charge is 0.369 e. The Morgan fingerprint density at radius 1 is 1.44 bits per heavy atom. The van der Waals surface area contributed by atoms with Crippen LogP contribution in [-0.4, -0.2) is 26.1 Å². The average molecular weight is 312 g/mol. The molecule has 8 heteroatoms. The first kappa shape index (κ1) is 12.8. The second-order valence-corrected chi connectivity index (χ2v) is 4.52. The summed E-state index contributed by atoms with van der Waals surface area (Å²) in [4.78, 5) is 12.4. The lowest BCUT2D eigenvalue weighted by molar-refractivity contribution is 0.788. The SMILES string of the molecule is Cn1ccnc1CCNc1nc(NN)ncc1Br. The van der Waals surface area contributed by atoms with Gasteiger partial charge in [0, 0.05) is 38.6 Å². The summed E-state index contributed by atoms with van der Waals surface area (Å²) in [5.74, 6) is 7.36. The van der Waals surface area contributed by atoms with Crippen molar-refractivity contribution in [1.82, 2.24) is 19.5 Å². The van der Waals surface area contributed by atoms with Gasteiger partial charge in [-0.05, 0) is 15.9 Å². The van der Waals surface area contributed by atoms with Crippen LogP contribution in [0.2, 0.25) is 0 Å². The highest BCUT2D eigenvalue weighted by molar-refractivity contribution is 9.10. The van der Waals surface area contributed by atoms with E-state index >= 15 is 0 Å². The summed E-state index contributed by atoms with van der Waals surface area (Å²) in [6.45, 7) is 0.727. The number of nitrogens with zero attached hydrogens (tertiary/aromatic N) is 4. The van der Waals surface area contributed by atoms with Crippen molar-refractivity contribution in [3.8, 4) is 0 Å². The van der Waals surface area contributed by atoms with Crippen LogP contribution in [0.15, 0.2) is 23.1 Å². The Balaban J connectivity index is 1.96. The van der Waals surface area contributed by atoms with Gasteiger partial charge < -0.3 is 9.88 Å². The van der Waals surface area contributed by atoms with Crippen LogP contribution >= 0.6 is 15.9 Å². The van der Waals surface area contributed by atoms with Gasteiger partial charge in [-0.25, -0.2) is 15.8 Å². The van der Waals surface area contributed by atoms with E-state index in [9.17, 15) is 0 Å². The molecular formula is C10H14BrN7. The predicted molar refractivity (Wildman–Crippen MR) is 72.9 cm³/mol. The minimum absolute atomic E-state index is 0.373. The maximum absolute atomic E-state index is 5.26. The van der Waals surface area contributed by atoms with Gasteiger partial charge in [0.05, 0.1) is 4.47 Å². The molecule has 0 unspecified atom stereocenters. The number of hydrogen-bond donors (Lipinski definition) is 3. The summed E-state index contributed by atoms with van der Waals surface area (Å²) in [5, 5.41) is 3.21. The van der Waals surface area contributed by atoms with Crippen molar-refractivity contribution < 1.29 is 0 Å². The molecule has 0 bridgehead atoms. The lowest BCUT2D eigenvalue weighted by Crippen LogP contribution is -2.14. The van der Waals surface area contributed by atoms with E-state index < -0.39 is 0 Å². The van der Waals surface area contributed by atoms with Gasteiger partial charge in [-0.1, -0.05) is 0 Å². The molecule has 0 atom stereocenters. The molecule has 96 valence electrons.